The zero-order valence-corrected chi connectivity index (χ0v) is 14.5. The van der Waals surface area contributed by atoms with Gasteiger partial charge in [0, 0.05) is 6.08 Å². The number of hydrogen-bond acceptors (Lipinski definition) is 2. The third-order valence-corrected chi connectivity index (χ3v) is 3.96. The van der Waals surface area contributed by atoms with E-state index in [0.29, 0.717) is 6.61 Å². The van der Waals surface area contributed by atoms with Crippen LogP contribution in [0, 0.1) is 0 Å². The highest BCUT2D eigenvalue weighted by Crippen LogP contribution is 2.13. The second-order valence-corrected chi connectivity index (χ2v) is 6.05. The van der Waals surface area contributed by atoms with Gasteiger partial charge in [-0.05, 0) is 19.3 Å². The number of ether oxygens (including phenoxy) is 1. The predicted molar refractivity (Wildman–Crippen MR) is 96.0 cm³/mol. The Morgan fingerprint density at radius 1 is 0.682 bits per heavy atom. The molecule has 0 aliphatic carbocycles. The molecule has 0 aromatic heterocycles. The quantitative estimate of drug-likeness (QED) is 0.135. The Kier molecular flexibility index (Phi) is 17.1. The van der Waals surface area contributed by atoms with Gasteiger partial charge < -0.3 is 4.74 Å². The highest BCUT2D eigenvalue weighted by Gasteiger charge is 1.96. The maximum absolute atomic E-state index is 10.8. The lowest BCUT2D eigenvalue weighted by atomic mass is 10.0. The molecule has 0 aliphatic heterocycles. The third kappa shape index (κ3) is 17.0. The molecule has 0 rings (SSSR count). The summed E-state index contributed by atoms with van der Waals surface area (Å²) in [6, 6.07) is 0. The van der Waals surface area contributed by atoms with Crippen molar-refractivity contribution in [2.45, 2.75) is 89.9 Å². The van der Waals surface area contributed by atoms with Crippen LogP contribution in [0.4, 0.5) is 0 Å². The normalized spacial score (nSPS) is 10.4. The van der Waals surface area contributed by atoms with E-state index in [2.05, 4.69) is 13.2 Å². The van der Waals surface area contributed by atoms with E-state index in [1.807, 2.05) is 6.08 Å². The molecule has 22 heavy (non-hydrogen) atoms. The number of carbonyl (C=O) groups is 1. The molecule has 0 N–H and O–H groups in total. The molecular weight excluding hydrogens is 272 g/mol. The molecule has 0 saturated carbocycles. The van der Waals surface area contributed by atoms with Crippen molar-refractivity contribution >= 4 is 5.97 Å². The SMILES string of the molecule is C=CCCCCCCCCCCCCCCCOC(=O)C=C. The molecule has 0 radical (unpaired) electrons. The topological polar surface area (TPSA) is 26.3 Å². The molecule has 0 atom stereocenters. The first-order valence-electron chi connectivity index (χ1n) is 9.21. The van der Waals surface area contributed by atoms with Crippen molar-refractivity contribution in [3.63, 3.8) is 0 Å². The van der Waals surface area contributed by atoms with Crippen molar-refractivity contribution in [1.82, 2.24) is 0 Å². The van der Waals surface area contributed by atoms with Gasteiger partial charge in [0.1, 0.15) is 0 Å². The van der Waals surface area contributed by atoms with Gasteiger partial charge in [-0.15, -0.1) is 6.58 Å². The van der Waals surface area contributed by atoms with Gasteiger partial charge >= 0.3 is 5.97 Å². The summed E-state index contributed by atoms with van der Waals surface area (Å²) in [5.41, 5.74) is 0. The molecular formula is C20H36O2. The average molecular weight is 309 g/mol. The Hall–Kier alpha value is -1.05. The van der Waals surface area contributed by atoms with E-state index < -0.39 is 0 Å². The van der Waals surface area contributed by atoms with E-state index in [0.717, 1.165) is 12.8 Å². The van der Waals surface area contributed by atoms with Crippen molar-refractivity contribution in [3.05, 3.63) is 25.3 Å². The lowest BCUT2D eigenvalue weighted by Crippen LogP contribution is -2.01. The largest absolute Gasteiger partial charge is 0.463 e. The van der Waals surface area contributed by atoms with Gasteiger partial charge in [-0.25, -0.2) is 4.79 Å². The molecule has 0 heterocycles. The fourth-order valence-electron chi connectivity index (χ4n) is 2.57. The van der Waals surface area contributed by atoms with E-state index in [1.54, 1.807) is 0 Å². The Morgan fingerprint density at radius 2 is 1.09 bits per heavy atom. The van der Waals surface area contributed by atoms with Gasteiger partial charge in [-0.1, -0.05) is 83.3 Å². The van der Waals surface area contributed by atoms with Crippen LogP contribution in [0.1, 0.15) is 89.9 Å². The Balaban J connectivity index is 3.01. The molecule has 0 saturated heterocycles. The monoisotopic (exact) mass is 308 g/mol. The van der Waals surface area contributed by atoms with Crippen LogP contribution in [0.15, 0.2) is 25.3 Å². The number of unbranched alkanes of at least 4 members (excludes halogenated alkanes) is 13. The van der Waals surface area contributed by atoms with Crippen LogP contribution in [-0.4, -0.2) is 12.6 Å². The molecule has 2 nitrogen and oxygen atoms in total. The smallest absolute Gasteiger partial charge is 0.330 e. The average Bonchev–Trinajstić information content (AvgIpc) is 2.54. The number of carbonyl (C=O) groups excluding carboxylic acids is 1. The summed E-state index contributed by atoms with van der Waals surface area (Å²) < 4.78 is 4.94. The summed E-state index contributed by atoms with van der Waals surface area (Å²) in [6.07, 6.45) is 21.5. The molecule has 2 heteroatoms. The maximum Gasteiger partial charge on any atom is 0.330 e. The molecule has 0 spiro atoms. The fraction of sp³-hybridized carbons (Fsp3) is 0.750. The first-order chi connectivity index (χ1) is 10.8. The number of hydrogen-bond donors (Lipinski definition) is 0. The lowest BCUT2D eigenvalue weighted by Gasteiger charge is -2.03. The van der Waals surface area contributed by atoms with Crippen molar-refractivity contribution in [2.24, 2.45) is 0 Å². The third-order valence-electron chi connectivity index (χ3n) is 3.96. The van der Waals surface area contributed by atoms with E-state index >= 15 is 0 Å². The van der Waals surface area contributed by atoms with Crippen LogP contribution >= 0.6 is 0 Å². The van der Waals surface area contributed by atoms with Gasteiger partial charge in [0.25, 0.3) is 0 Å². The van der Waals surface area contributed by atoms with E-state index in [-0.39, 0.29) is 5.97 Å². The van der Waals surface area contributed by atoms with Crippen molar-refractivity contribution < 1.29 is 9.53 Å². The second kappa shape index (κ2) is 18.0. The summed E-state index contributed by atoms with van der Waals surface area (Å²) >= 11 is 0. The minimum absolute atomic E-state index is 0.305. The minimum atomic E-state index is -0.305. The number of allylic oxidation sites excluding steroid dienone is 1. The van der Waals surface area contributed by atoms with E-state index in [9.17, 15) is 4.79 Å². The summed E-state index contributed by atoms with van der Waals surface area (Å²) in [5, 5.41) is 0. The van der Waals surface area contributed by atoms with Crippen molar-refractivity contribution in [3.8, 4) is 0 Å². The highest BCUT2D eigenvalue weighted by molar-refractivity contribution is 5.81. The Labute approximate surface area is 138 Å². The summed E-state index contributed by atoms with van der Waals surface area (Å²) in [4.78, 5) is 10.8. The molecule has 128 valence electrons. The van der Waals surface area contributed by atoms with Crippen LogP contribution in [-0.2, 0) is 9.53 Å². The minimum Gasteiger partial charge on any atom is -0.463 e. The first kappa shape index (κ1) is 20.9. The molecule has 0 amide bonds. The zero-order valence-electron chi connectivity index (χ0n) is 14.5. The van der Waals surface area contributed by atoms with Crippen LogP contribution in [0.2, 0.25) is 0 Å². The van der Waals surface area contributed by atoms with Crippen LogP contribution in [0.5, 0.6) is 0 Å². The van der Waals surface area contributed by atoms with E-state index in [1.165, 1.54) is 83.1 Å². The molecule has 0 aliphatic rings. The van der Waals surface area contributed by atoms with Gasteiger partial charge in [-0.2, -0.15) is 0 Å². The van der Waals surface area contributed by atoms with Crippen molar-refractivity contribution in [2.75, 3.05) is 6.61 Å². The van der Waals surface area contributed by atoms with E-state index in [4.69, 9.17) is 4.74 Å². The molecule has 0 fully saturated rings. The maximum atomic E-state index is 10.8. The van der Waals surface area contributed by atoms with Gasteiger partial charge in [0.2, 0.25) is 0 Å². The standard InChI is InChI=1S/C20H36O2/c1-3-5-6-7-8-9-10-11-12-13-14-15-16-17-18-19-22-20(21)4-2/h3-4H,1-2,5-19H2. The lowest BCUT2D eigenvalue weighted by molar-refractivity contribution is -0.137. The summed E-state index contributed by atoms with van der Waals surface area (Å²) in [6.45, 7) is 7.67. The predicted octanol–water partition coefficient (Wildman–Crippen LogP) is 6.36. The molecule has 0 bridgehead atoms. The van der Waals surface area contributed by atoms with Gasteiger partial charge in [-0.3, -0.25) is 0 Å². The van der Waals surface area contributed by atoms with Gasteiger partial charge in [0.15, 0.2) is 0 Å². The van der Waals surface area contributed by atoms with Crippen molar-refractivity contribution in [1.29, 1.82) is 0 Å². The summed E-state index contributed by atoms with van der Waals surface area (Å²) in [5.74, 6) is -0.305. The fourth-order valence-corrected chi connectivity index (χ4v) is 2.57. The van der Waals surface area contributed by atoms with Crippen LogP contribution < -0.4 is 0 Å². The van der Waals surface area contributed by atoms with Crippen LogP contribution in [0.25, 0.3) is 0 Å². The Morgan fingerprint density at radius 3 is 1.50 bits per heavy atom. The number of rotatable bonds is 17. The Bertz CT molecular complexity index is 271. The molecule has 0 unspecified atom stereocenters. The van der Waals surface area contributed by atoms with Gasteiger partial charge in [0.05, 0.1) is 6.61 Å². The van der Waals surface area contributed by atoms with Crippen LogP contribution in [0.3, 0.4) is 0 Å². The first-order valence-corrected chi connectivity index (χ1v) is 9.21. The second-order valence-electron chi connectivity index (χ2n) is 6.05. The molecule has 0 aromatic rings. The summed E-state index contributed by atoms with van der Waals surface area (Å²) in [7, 11) is 0. The number of esters is 1. The molecule has 0 aromatic carbocycles. The zero-order chi connectivity index (χ0) is 16.3. The highest BCUT2D eigenvalue weighted by atomic mass is 16.5.